The number of nitrogens with zero attached hydrogens (tertiary/aromatic N) is 2. The fraction of sp³-hybridized carbons (Fsp3) is 0.211. The van der Waals surface area contributed by atoms with Crippen molar-refractivity contribution in [3.05, 3.63) is 76.5 Å². The largest absolute Gasteiger partial charge is 0.492 e. The summed E-state index contributed by atoms with van der Waals surface area (Å²) >= 11 is 3.31. The molecule has 0 saturated heterocycles. The van der Waals surface area contributed by atoms with Gasteiger partial charge in [-0.3, -0.25) is 4.68 Å². The fourth-order valence-electron chi connectivity index (χ4n) is 2.57. The number of hydrogen-bond donors (Lipinski definition) is 1. The van der Waals surface area contributed by atoms with Gasteiger partial charge in [-0.2, -0.15) is 5.10 Å². The number of aromatic nitrogens is 2. The van der Waals surface area contributed by atoms with Crippen molar-refractivity contribution in [3.63, 3.8) is 0 Å². The van der Waals surface area contributed by atoms with Crippen molar-refractivity contribution in [1.29, 1.82) is 0 Å². The molecule has 3 rings (SSSR count). The van der Waals surface area contributed by atoms with Crippen LogP contribution in [-0.4, -0.2) is 24.8 Å². The lowest BCUT2D eigenvalue weighted by Crippen LogP contribution is -2.24. The first kappa shape index (κ1) is 19.6. The first-order chi connectivity index (χ1) is 13.0. The van der Waals surface area contributed by atoms with Crippen LogP contribution >= 0.6 is 15.9 Å². The van der Waals surface area contributed by atoms with Crippen LogP contribution in [0.5, 0.6) is 5.75 Å². The number of halogens is 1. The minimum atomic E-state index is -3.70. The van der Waals surface area contributed by atoms with E-state index in [4.69, 9.17) is 4.74 Å². The second kappa shape index (κ2) is 8.69. The Hall–Kier alpha value is -2.16. The third-order valence-corrected chi connectivity index (χ3v) is 5.80. The molecule has 8 heteroatoms. The predicted molar refractivity (Wildman–Crippen MR) is 107 cm³/mol. The predicted octanol–water partition coefficient (Wildman–Crippen LogP) is 3.57. The minimum Gasteiger partial charge on any atom is -0.492 e. The molecule has 0 aliphatic carbocycles. The van der Waals surface area contributed by atoms with Crippen molar-refractivity contribution in [1.82, 2.24) is 14.5 Å². The summed E-state index contributed by atoms with van der Waals surface area (Å²) < 4.78 is 36.0. The van der Waals surface area contributed by atoms with Crippen LogP contribution < -0.4 is 9.46 Å². The number of rotatable bonds is 8. The van der Waals surface area contributed by atoms with E-state index in [2.05, 4.69) is 25.8 Å². The lowest BCUT2D eigenvalue weighted by Gasteiger charge is -2.12. The topological polar surface area (TPSA) is 73.2 Å². The van der Waals surface area contributed by atoms with Crippen LogP contribution in [0.25, 0.3) is 0 Å². The van der Waals surface area contributed by atoms with Crippen LogP contribution in [0.3, 0.4) is 0 Å². The van der Waals surface area contributed by atoms with E-state index in [0.29, 0.717) is 23.4 Å². The Bertz CT molecular complexity index is 988. The van der Waals surface area contributed by atoms with E-state index in [1.807, 2.05) is 48.1 Å². The maximum atomic E-state index is 12.7. The van der Waals surface area contributed by atoms with Crippen LogP contribution in [0.2, 0.25) is 0 Å². The summed E-state index contributed by atoms with van der Waals surface area (Å²) in [4.78, 5) is 0.119. The molecule has 0 aliphatic rings. The number of nitrogens with one attached hydrogen (secondary N) is 1. The molecule has 0 amide bonds. The van der Waals surface area contributed by atoms with Gasteiger partial charge in [-0.05, 0) is 42.3 Å². The van der Waals surface area contributed by atoms with Gasteiger partial charge in [0.1, 0.15) is 10.6 Å². The monoisotopic (exact) mass is 449 g/mol. The zero-order valence-electron chi connectivity index (χ0n) is 14.8. The molecular weight excluding hydrogens is 430 g/mol. The highest BCUT2D eigenvalue weighted by molar-refractivity contribution is 9.10. The normalized spacial score (nSPS) is 11.5. The number of sulfonamides is 1. The highest BCUT2D eigenvalue weighted by Crippen LogP contribution is 2.27. The Kier molecular flexibility index (Phi) is 6.30. The second-order valence-electron chi connectivity index (χ2n) is 5.87. The number of benzene rings is 2. The summed E-state index contributed by atoms with van der Waals surface area (Å²) in [5.41, 5.74) is 1.96. The molecule has 0 spiro atoms. The number of hydrogen-bond acceptors (Lipinski definition) is 4. The Morgan fingerprint density at radius 1 is 1.15 bits per heavy atom. The smallest absolute Gasteiger partial charge is 0.244 e. The van der Waals surface area contributed by atoms with Crippen LogP contribution in [0.4, 0.5) is 0 Å². The third-order valence-electron chi connectivity index (χ3n) is 3.89. The van der Waals surface area contributed by atoms with Crippen molar-refractivity contribution >= 4 is 26.0 Å². The average Bonchev–Trinajstić information content (AvgIpc) is 3.16. The molecular formula is C19H20BrN3O3S. The van der Waals surface area contributed by atoms with Crippen LogP contribution in [-0.2, 0) is 23.1 Å². The molecule has 27 heavy (non-hydrogen) atoms. The van der Waals surface area contributed by atoms with Gasteiger partial charge in [0.25, 0.3) is 0 Å². The average molecular weight is 450 g/mol. The van der Waals surface area contributed by atoms with Crippen LogP contribution in [0.1, 0.15) is 18.1 Å². The Morgan fingerprint density at radius 2 is 1.89 bits per heavy atom. The van der Waals surface area contributed by atoms with Gasteiger partial charge in [0, 0.05) is 23.4 Å². The molecule has 0 fully saturated rings. The van der Waals surface area contributed by atoms with Crippen LogP contribution in [0.15, 0.2) is 70.3 Å². The van der Waals surface area contributed by atoms with E-state index in [1.165, 1.54) is 0 Å². The zero-order chi connectivity index (χ0) is 19.3. The standard InChI is InChI=1S/C19H20BrN3O3S/c1-2-26-18-9-8-17(20)12-19(18)27(24,25)22-13-15-4-6-16(7-5-15)14-23-11-3-10-21-23/h3-12,22H,2,13-14H2,1H3. The Balaban J connectivity index is 1.69. The number of ether oxygens (including phenoxy) is 1. The Labute approximate surface area is 167 Å². The van der Waals surface area contributed by atoms with E-state index in [1.54, 1.807) is 24.4 Å². The minimum absolute atomic E-state index is 0.119. The summed E-state index contributed by atoms with van der Waals surface area (Å²) in [5.74, 6) is 0.336. The lowest BCUT2D eigenvalue weighted by molar-refractivity contribution is 0.331. The van der Waals surface area contributed by atoms with E-state index in [-0.39, 0.29) is 11.4 Å². The van der Waals surface area contributed by atoms with Crippen molar-refractivity contribution < 1.29 is 13.2 Å². The van der Waals surface area contributed by atoms with E-state index >= 15 is 0 Å². The first-order valence-corrected chi connectivity index (χ1v) is 10.7. The molecule has 3 aromatic rings. The molecule has 0 bridgehead atoms. The quantitative estimate of drug-likeness (QED) is 0.570. The summed E-state index contributed by atoms with van der Waals surface area (Å²) in [6, 6.07) is 14.6. The highest BCUT2D eigenvalue weighted by Gasteiger charge is 2.20. The van der Waals surface area contributed by atoms with Crippen molar-refractivity contribution in [2.45, 2.75) is 24.9 Å². The van der Waals surface area contributed by atoms with E-state index in [9.17, 15) is 8.42 Å². The van der Waals surface area contributed by atoms with Crippen molar-refractivity contribution in [3.8, 4) is 5.75 Å². The first-order valence-electron chi connectivity index (χ1n) is 8.45. The van der Waals surface area contributed by atoms with E-state index < -0.39 is 10.0 Å². The van der Waals surface area contributed by atoms with Gasteiger partial charge in [0.2, 0.25) is 10.0 Å². The van der Waals surface area contributed by atoms with Crippen molar-refractivity contribution in [2.75, 3.05) is 6.61 Å². The molecule has 6 nitrogen and oxygen atoms in total. The Morgan fingerprint density at radius 3 is 2.56 bits per heavy atom. The molecule has 0 unspecified atom stereocenters. The lowest BCUT2D eigenvalue weighted by atomic mass is 10.1. The zero-order valence-corrected chi connectivity index (χ0v) is 17.2. The summed E-state index contributed by atoms with van der Waals surface area (Å²) in [6.45, 7) is 3.08. The molecule has 1 aromatic heterocycles. The van der Waals surface area contributed by atoms with Gasteiger partial charge in [0.15, 0.2) is 0 Å². The van der Waals surface area contributed by atoms with Gasteiger partial charge >= 0.3 is 0 Å². The summed E-state index contributed by atoms with van der Waals surface area (Å²) in [5, 5.41) is 4.18. The maximum absolute atomic E-state index is 12.7. The molecule has 0 atom stereocenters. The summed E-state index contributed by atoms with van der Waals surface area (Å²) in [7, 11) is -3.70. The van der Waals surface area contributed by atoms with Gasteiger partial charge in [0.05, 0.1) is 13.2 Å². The highest BCUT2D eigenvalue weighted by atomic mass is 79.9. The van der Waals surface area contributed by atoms with Gasteiger partial charge in [-0.1, -0.05) is 40.2 Å². The molecule has 1 heterocycles. The SMILES string of the molecule is CCOc1ccc(Br)cc1S(=O)(=O)NCc1ccc(Cn2cccn2)cc1. The fourth-order valence-corrected chi connectivity index (χ4v) is 4.27. The van der Waals surface area contributed by atoms with Crippen LogP contribution in [0, 0.1) is 0 Å². The molecule has 0 aliphatic heterocycles. The van der Waals surface area contributed by atoms with Gasteiger partial charge in [-0.25, -0.2) is 13.1 Å². The molecule has 2 aromatic carbocycles. The third kappa shape index (κ3) is 5.18. The second-order valence-corrected chi connectivity index (χ2v) is 8.52. The van der Waals surface area contributed by atoms with Gasteiger partial charge < -0.3 is 4.74 Å². The van der Waals surface area contributed by atoms with E-state index in [0.717, 1.165) is 11.1 Å². The molecule has 142 valence electrons. The molecule has 0 saturated carbocycles. The molecule has 0 radical (unpaired) electrons. The maximum Gasteiger partial charge on any atom is 0.244 e. The molecule has 1 N–H and O–H groups in total. The summed E-state index contributed by atoms with van der Waals surface area (Å²) in [6.07, 6.45) is 3.64. The van der Waals surface area contributed by atoms with Gasteiger partial charge in [-0.15, -0.1) is 0 Å². The van der Waals surface area contributed by atoms with Crippen molar-refractivity contribution in [2.24, 2.45) is 0 Å².